The van der Waals surface area contributed by atoms with Crippen LogP contribution >= 0.6 is 0 Å². The monoisotopic (exact) mass is 385 g/mol. The lowest BCUT2D eigenvalue weighted by Gasteiger charge is -2.09. The van der Waals surface area contributed by atoms with Crippen LogP contribution in [0.1, 0.15) is 23.7 Å². The SMILES string of the molecule is CCc1nn(C)c(OC)c1CNC(N)=NCc1ccc(OC(F)(F)F)cc1. The Balaban J connectivity index is 1.95. The zero-order valence-electron chi connectivity index (χ0n) is 15.3. The van der Waals surface area contributed by atoms with Gasteiger partial charge in [0.1, 0.15) is 5.75 Å². The van der Waals surface area contributed by atoms with Gasteiger partial charge in [0.2, 0.25) is 5.88 Å². The molecule has 0 radical (unpaired) electrons. The summed E-state index contributed by atoms with van der Waals surface area (Å²) in [5.41, 5.74) is 8.36. The molecule has 0 aliphatic rings. The Labute approximate surface area is 155 Å². The summed E-state index contributed by atoms with van der Waals surface area (Å²) in [4.78, 5) is 4.18. The molecule has 0 saturated carbocycles. The van der Waals surface area contributed by atoms with Gasteiger partial charge in [-0.15, -0.1) is 13.2 Å². The number of nitrogens with zero attached hydrogens (tertiary/aromatic N) is 3. The van der Waals surface area contributed by atoms with E-state index in [-0.39, 0.29) is 18.3 Å². The summed E-state index contributed by atoms with van der Waals surface area (Å²) in [6.07, 6.45) is -3.96. The van der Waals surface area contributed by atoms with Crippen molar-refractivity contribution in [2.45, 2.75) is 32.8 Å². The van der Waals surface area contributed by atoms with Gasteiger partial charge in [-0.3, -0.25) is 0 Å². The van der Waals surface area contributed by atoms with Crippen molar-refractivity contribution in [3.05, 3.63) is 41.1 Å². The van der Waals surface area contributed by atoms with Gasteiger partial charge in [-0.2, -0.15) is 5.10 Å². The van der Waals surface area contributed by atoms with E-state index in [0.717, 1.165) is 17.7 Å². The van der Waals surface area contributed by atoms with Crippen molar-refractivity contribution < 1.29 is 22.6 Å². The normalized spacial score (nSPS) is 12.1. The second-order valence-corrected chi connectivity index (χ2v) is 5.66. The molecule has 0 bridgehead atoms. The molecule has 7 nitrogen and oxygen atoms in total. The van der Waals surface area contributed by atoms with Crippen molar-refractivity contribution >= 4 is 5.96 Å². The highest BCUT2D eigenvalue weighted by Crippen LogP contribution is 2.23. The van der Waals surface area contributed by atoms with Crippen molar-refractivity contribution in [2.24, 2.45) is 17.8 Å². The summed E-state index contributed by atoms with van der Waals surface area (Å²) in [5, 5.41) is 7.38. The summed E-state index contributed by atoms with van der Waals surface area (Å²) in [6.45, 7) is 2.61. The number of methoxy groups -OCH3 is 1. The van der Waals surface area contributed by atoms with Crippen LogP contribution in [-0.2, 0) is 26.6 Å². The molecule has 0 aliphatic carbocycles. The fourth-order valence-corrected chi connectivity index (χ4v) is 2.53. The van der Waals surface area contributed by atoms with E-state index in [4.69, 9.17) is 10.5 Å². The number of nitrogens with one attached hydrogen (secondary N) is 1. The van der Waals surface area contributed by atoms with Crippen molar-refractivity contribution in [3.8, 4) is 11.6 Å². The molecule has 0 fully saturated rings. The molecule has 1 aromatic carbocycles. The number of aromatic nitrogens is 2. The first-order valence-electron chi connectivity index (χ1n) is 8.20. The quantitative estimate of drug-likeness (QED) is 0.565. The van der Waals surface area contributed by atoms with E-state index in [1.807, 2.05) is 6.92 Å². The number of aliphatic imine (C=N–C) groups is 1. The predicted molar refractivity (Wildman–Crippen MR) is 94.4 cm³/mol. The molecule has 0 atom stereocenters. The van der Waals surface area contributed by atoms with E-state index in [1.54, 1.807) is 18.8 Å². The number of alkyl halides is 3. The first-order chi connectivity index (χ1) is 12.7. The van der Waals surface area contributed by atoms with Crippen molar-refractivity contribution in [1.29, 1.82) is 0 Å². The highest BCUT2D eigenvalue weighted by Gasteiger charge is 2.30. The third kappa shape index (κ3) is 5.80. The van der Waals surface area contributed by atoms with Gasteiger partial charge in [-0.1, -0.05) is 19.1 Å². The maximum Gasteiger partial charge on any atom is 0.573 e. The molecule has 0 amide bonds. The van der Waals surface area contributed by atoms with Crippen LogP contribution in [0.2, 0.25) is 0 Å². The molecule has 0 aliphatic heterocycles. The number of benzene rings is 1. The molecular formula is C17H22F3N5O2. The molecule has 148 valence electrons. The number of hydrogen-bond donors (Lipinski definition) is 2. The Morgan fingerprint density at radius 3 is 2.52 bits per heavy atom. The van der Waals surface area contributed by atoms with Crippen LogP contribution in [-0.4, -0.2) is 29.2 Å². The minimum absolute atomic E-state index is 0.207. The van der Waals surface area contributed by atoms with Crippen molar-refractivity contribution in [1.82, 2.24) is 15.1 Å². The van der Waals surface area contributed by atoms with Crippen LogP contribution in [0.25, 0.3) is 0 Å². The molecule has 2 aromatic rings. The smallest absolute Gasteiger partial charge is 0.481 e. The standard InChI is InChI=1S/C17H22F3N5O2/c1-4-14-13(15(26-3)25(2)24-14)10-23-16(21)22-9-11-5-7-12(8-6-11)27-17(18,19)20/h5-8H,4,9-10H2,1-3H3,(H3,21,22,23). The maximum atomic E-state index is 12.1. The molecule has 0 unspecified atom stereocenters. The first kappa shape index (κ1) is 20.4. The largest absolute Gasteiger partial charge is 0.573 e. The fraction of sp³-hybridized carbons (Fsp3) is 0.412. The lowest BCUT2D eigenvalue weighted by molar-refractivity contribution is -0.274. The lowest BCUT2D eigenvalue weighted by Crippen LogP contribution is -2.31. The zero-order valence-corrected chi connectivity index (χ0v) is 15.3. The maximum absolute atomic E-state index is 12.1. The molecule has 2 rings (SSSR count). The molecule has 27 heavy (non-hydrogen) atoms. The van der Waals surface area contributed by atoms with Crippen LogP contribution in [0, 0.1) is 0 Å². The molecular weight excluding hydrogens is 363 g/mol. The third-order valence-corrected chi connectivity index (χ3v) is 3.73. The average Bonchev–Trinajstić information content (AvgIpc) is 2.92. The number of rotatable bonds is 7. The van der Waals surface area contributed by atoms with E-state index in [2.05, 4.69) is 20.1 Å². The van der Waals surface area contributed by atoms with Crippen LogP contribution in [0.15, 0.2) is 29.3 Å². The summed E-state index contributed by atoms with van der Waals surface area (Å²) < 4.78 is 47.3. The van der Waals surface area contributed by atoms with Crippen molar-refractivity contribution in [2.75, 3.05) is 7.11 Å². The molecule has 10 heteroatoms. The van der Waals surface area contributed by atoms with Gasteiger partial charge < -0.3 is 20.5 Å². The van der Waals surface area contributed by atoms with Crippen LogP contribution in [0.5, 0.6) is 11.6 Å². The van der Waals surface area contributed by atoms with Gasteiger partial charge >= 0.3 is 6.36 Å². The number of guanidine groups is 1. The van der Waals surface area contributed by atoms with Crippen LogP contribution in [0.4, 0.5) is 13.2 Å². The third-order valence-electron chi connectivity index (χ3n) is 3.73. The molecule has 0 spiro atoms. The van der Waals surface area contributed by atoms with Crippen molar-refractivity contribution in [3.63, 3.8) is 0 Å². The van der Waals surface area contributed by atoms with E-state index < -0.39 is 6.36 Å². The molecule has 0 saturated heterocycles. The Morgan fingerprint density at radius 1 is 1.30 bits per heavy atom. The Hall–Kier alpha value is -2.91. The van der Waals surface area contributed by atoms with Crippen LogP contribution in [0.3, 0.4) is 0 Å². The van der Waals surface area contributed by atoms with Gasteiger partial charge in [0.05, 0.1) is 31.5 Å². The second kappa shape index (κ2) is 8.65. The van der Waals surface area contributed by atoms with E-state index in [0.29, 0.717) is 18.0 Å². The zero-order chi connectivity index (χ0) is 20.0. The average molecular weight is 385 g/mol. The highest BCUT2D eigenvalue weighted by molar-refractivity contribution is 5.77. The van der Waals surface area contributed by atoms with Gasteiger partial charge in [0, 0.05) is 7.05 Å². The number of hydrogen-bond acceptors (Lipinski definition) is 4. The Morgan fingerprint density at radius 2 is 1.96 bits per heavy atom. The lowest BCUT2D eigenvalue weighted by atomic mass is 10.2. The van der Waals surface area contributed by atoms with E-state index >= 15 is 0 Å². The predicted octanol–water partition coefficient (Wildman–Crippen LogP) is 2.49. The Kier molecular flexibility index (Phi) is 6.54. The minimum atomic E-state index is -4.71. The topological polar surface area (TPSA) is 86.7 Å². The summed E-state index contributed by atoms with van der Waals surface area (Å²) >= 11 is 0. The first-order valence-corrected chi connectivity index (χ1v) is 8.20. The minimum Gasteiger partial charge on any atom is -0.481 e. The van der Waals surface area contributed by atoms with Gasteiger partial charge in [0.25, 0.3) is 0 Å². The molecule has 3 N–H and O–H groups in total. The number of nitrogens with two attached hydrogens (primary N) is 1. The fourth-order valence-electron chi connectivity index (χ4n) is 2.53. The summed E-state index contributed by atoms with van der Waals surface area (Å²) in [6, 6.07) is 5.46. The number of halogens is 3. The summed E-state index contributed by atoms with van der Waals surface area (Å²) in [5.74, 6) is 0.572. The van der Waals surface area contributed by atoms with E-state index in [1.165, 1.54) is 24.3 Å². The summed E-state index contributed by atoms with van der Waals surface area (Å²) in [7, 11) is 3.37. The number of ether oxygens (including phenoxy) is 2. The van der Waals surface area contributed by atoms with Gasteiger partial charge in [-0.05, 0) is 24.1 Å². The molecule has 1 aromatic heterocycles. The Bertz CT molecular complexity index is 785. The number of aryl methyl sites for hydroxylation is 2. The molecule has 1 heterocycles. The second-order valence-electron chi connectivity index (χ2n) is 5.66. The van der Waals surface area contributed by atoms with Gasteiger partial charge in [0.15, 0.2) is 5.96 Å². The van der Waals surface area contributed by atoms with Gasteiger partial charge in [-0.25, -0.2) is 9.67 Å². The highest BCUT2D eigenvalue weighted by atomic mass is 19.4. The van der Waals surface area contributed by atoms with Crippen LogP contribution < -0.4 is 20.5 Å². The van der Waals surface area contributed by atoms with E-state index in [9.17, 15) is 13.2 Å².